The van der Waals surface area contributed by atoms with Crippen LogP contribution < -0.4 is 4.74 Å². The van der Waals surface area contributed by atoms with Gasteiger partial charge in [0.2, 0.25) is 0 Å². The van der Waals surface area contributed by atoms with Crippen LogP contribution in [0.3, 0.4) is 0 Å². The van der Waals surface area contributed by atoms with E-state index >= 15 is 0 Å². The van der Waals surface area contributed by atoms with Gasteiger partial charge in [-0.1, -0.05) is 43.6 Å². The number of hydrogen-bond donors (Lipinski definition) is 0. The molecule has 156 valence electrons. The van der Waals surface area contributed by atoms with Gasteiger partial charge in [-0.2, -0.15) is 0 Å². The van der Waals surface area contributed by atoms with Crippen molar-refractivity contribution < 1.29 is 13.2 Å². The molecule has 2 aromatic carbocycles. The summed E-state index contributed by atoms with van der Waals surface area (Å²) in [5, 5.41) is 1.02. The van der Waals surface area contributed by atoms with Gasteiger partial charge in [0.1, 0.15) is 5.75 Å². The monoisotopic (exact) mass is 442 g/mol. The van der Waals surface area contributed by atoms with Crippen molar-refractivity contribution >= 4 is 32.7 Å². The minimum atomic E-state index is -3.87. The summed E-state index contributed by atoms with van der Waals surface area (Å²) in [4.78, 5) is 4.48. The van der Waals surface area contributed by atoms with Gasteiger partial charge in [-0.15, -0.1) is 0 Å². The number of benzene rings is 2. The quantitative estimate of drug-likeness (QED) is 0.379. The van der Waals surface area contributed by atoms with E-state index in [1.54, 1.807) is 42.5 Å². The first kappa shape index (κ1) is 21.9. The Morgan fingerprint density at radius 3 is 2.30 bits per heavy atom. The fraction of sp³-hybridized carbons (Fsp3) is 0.174. The van der Waals surface area contributed by atoms with Crippen LogP contribution in [0.4, 0.5) is 0 Å². The highest BCUT2D eigenvalue weighted by atomic mass is 35.5. The molecule has 0 unspecified atom stereocenters. The van der Waals surface area contributed by atoms with Crippen LogP contribution in [-0.4, -0.2) is 24.0 Å². The number of rotatable bonds is 5. The van der Waals surface area contributed by atoms with Gasteiger partial charge in [-0.05, 0) is 61.0 Å². The molecular weight excluding hydrogens is 420 g/mol. The lowest BCUT2D eigenvalue weighted by Crippen LogP contribution is -2.14. The second-order valence-electron chi connectivity index (χ2n) is 6.10. The zero-order chi connectivity index (χ0) is 21.7. The van der Waals surface area contributed by atoms with Gasteiger partial charge in [0.15, 0.2) is 5.65 Å². The van der Waals surface area contributed by atoms with Gasteiger partial charge >= 0.3 is 0 Å². The van der Waals surface area contributed by atoms with E-state index in [9.17, 15) is 8.42 Å². The molecule has 0 radical (unpaired) electrons. The largest absolute Gasteiger partial charge is 0.494 e. The van der Waals surface area contributed by atoms with E-state index in [4.69, 9.17) is 16.3 Å². The standard InChI is InChI=1S/C21H17ClN2O3S.C2H6/c1-2-27-16-10-8-15(9-11-16)20-14-18-19(22)12-13-23-21(18)24(20)28(25,26)17-6-4-3-5-7-17;1-2/h3-14H,2H2,1H3;1-2H3. The Labute approximate surface area is 182 Å². The second-order valence-corrected chi connectivity index (χ2v) is 8.29. The van der Waals surface area contributed by atoms with Crippen LogP contribution in [0.15, 0.2) is 77.8 Å². The number of ether oxygens (including phenoxy) is 1. The molecule has 0 N–H and O–H groups in total. The van der Waals surface area contributed by atoms with Crippen molar-refractivity contribution in [3.05, 3.63) is 77.9 Å². The van der Waals surface area contributed by atoms with Crippen LogP contribution >= 0.6 is 11.6 Å². The number of fused-ring (bicyclic) bond motifs is 1. The Kier molecular flexibility index (Phi) is 6.80. The smallest absolute Gasteiger partial charge is 0.269 e. The van der Waals surface area contributed by atoms with Crippen molar-refractivity contribution in [1.82, 2.24) is 8.96 Å². The van der Waals surface area contributed by atoms with Gasteiger partial charge < -0.3 is 4.74 Å². The molecule has 0 aliphatic carbocycles. The lowest BCUT2D eigenvalue weighted by Gasteiger charge is -2.12. The highest BCUT2D eigenvalue weighted by Gasteiger charge is 2.25. The topological polar surface area (TPSA) is 61.2 Å². The molecular formula is C23H23ClN2O3S. The molecule has 0 amide bonds. The summed E-state index contributed by atoms with van der Waals surface area (Å²) in [5.74, 6) is 0.719. The Hall–Kier alpha value is -2.83. The number of halogens is 1. The Morgan fingerprint density at radius 2 is 1.67 bits per heavy atom. The van der Waals surface area contributed by atoms with Crippen LogP contribution in [0.25, 0.3) is 22.3 Å². The summed E-state index contributed by atoms with van der Waals surface area (Å²) >= 11 is 6.32. The van der Waals surface area contributed by atoms with E-state index < -0.39 is 10.0 Å². The lowest BCUT2D eigenvalue weighted by molar-refractivity contribution is 0.340. The van der Waals surface area contributed by atoms with Gasteiger partial charge in [0.25, 0.3) is 10.0 Å². The van der Waals surface area contributed by atoms with Gasteiger partial charge in [0.05, 0.1) is 22.2 Å². The van der Waals surface area contributed by atoms with E-state index in [1.807, 2.05) is 45.0 Å². The Balaban J connectivity index is 0.00000124. The summed E-state index contributed by atoms with van der Waals surface area (Å²) < 4.78 is 33.6. The molecule has 0 saturated carbocycles. The molecule has 0 saturated heterocycles. The van der Waals surface area contributed by atoms with E-state index in [2.05, 4.69) is 4.98 Å². The molecule has 0 aliphatic heterocycles. The van der Waals surface area contributed by atoms with Gasteiger partial charge in [-0.3, -0.25) is 0 Å². The summed E-state index contributed by atoms with van der Waals surface area (Å²) in [6.07, 6.45) is 1.50. The minimum absolute atomic E-state index is 0.182. The zero-order valence-electron chi connectivity index (χ0n) is 17.0. The molecule has 0 aliphatic rings. The number of nitrogens with zero attached hydrogens (tertiary/aromatic N) is 2. The molecule has 0 bridgehead atoms. The summed E-state index contributed by atoms with van der Waals surface area (Å²) in [5.41, 5.74) is 1.50. The molecule has 0 atom stereocenters. The van der Waals surface area contributed by atoms with Crippen molar-refractivity contribution in [3.8, 4) is 17.0 Å². The molecule has 4 rings (SSSR count). The number of hydrogen-bond acceptors (Lipinski definition) is 4. The highest BCUT2D eigenvalue weighted by molar-refractivity contribution is 7.90. The van der Waals surface area contributed by atoms with Crippen molar-refractivity contribution in [1.29, 1.82) is 0 Å². The fourth-order valence-corrected chi connectivity index (χ4v) is 4.77. The third-order valence-corrected chi connectivity index (χ3v) is 6.40. The normalized spacial score (nSPS) is 11.1. The SMILES string of the molecule is CC.CCOc1ccc(-c2cc3c(Cl)ccnc3n2S(=O)(=O)c2ccccc2)cc1. The first-order chi connectivity index (χ1) is 14.5. The predicted molar refractivity (Wildman–Crippen MR) is 122 cm³/mol. The Morgan fingerprint density at radius 1 is 1.00 bits per heavy atom. The van der Waals surface area contributed by atoms with Crippen LogP contribution in [-0.2, 0) is 10.0 Å². The van der Waals surface area contributed by atoms with E-state index in [1.165, 1.54) is 10.2 Å². The fourth-order valence-electron chi connectivity index (χ4n) is 3.07. The first-order valence-electron chi connectivity index (χ1n) is 9.72. The Bertz CT molecular complexity index is 1230. The van der Waals surface area contributed by atoms with Gasteiger partial charge in [-0.25, -0.2) is 17.4 Å². The average Bonchev–Trinajstić information content (AvgIpc) is 3.18. The van der Waals surface area contributed by atoms with Crippen molar-refractivity contribution in [3.63, 3.8) is 0 Å². The molecule has 30 heavy (non-hydrogen) atoms. The summed E-state index contributed by atoms with van der Waals surface area (Å²) in [6, 6.07) is 18.9. The molecule has 2 aromatic heterocycles. The molecule has 0 spiro atoms. The average molecular weight is 443 g/mol. The van der Waals surface area contributed by atoms with E-state index in [0.717, 1.165) is 11.3 Å². The molecule has 5 nitrogen and oxygen atoms in total. The van der Waals surface area contributed by atoms with Crippen molar-refractivity contribution in [2.75, 3.05) is 6.61 Å². The van der Waals surface area contributed by atoms with Crippen LogP contribution in [0.1, 0.15) is 20.8 Å². The molecule has 2 heterocycles. The van der Waals surface area contributed by atoms with Crippen molar-refractivity contribution in [2.24, 2.45) is 0 Å². The van der Waals surface area contributed by atoms with Crippen LogP contribution in [0.5, 0.6) is 5.75 Å². The summed E-state index contributed by atoms with van der Waals surface area (Å²) in [6.45, 7) is 6.47. The summed E-state index contributed by atoms with van der Waals surface area (Å²) in [7, 11) is -3.87. The highest BCUT2D eigenvalue weighted by Crippen LogP contribution is 2.34. The molecule has 4 aromatic rings. The van der Waals surface area contributed by atoms with Crippen molar-refractivity contribution in [2.45, 2.75) is 25.7 Å². The number of aromatic nitrogens is 2. The lowest BCUT2D eigenvalue weighted by atomic mass is 10.1. The van der Waals surface area contributed by atoms with Gasteiger partial charge in [0, 0.05) is 11.6 Å². The first-order valence-corrected chi connectivity index (χ1v) is 11.5. The maximum absolute atomic E-state index is 13.4. The predicted octanol–water partition coefficient (Wildman–Crippen LogP) is 6.02. The van der Waals surface area contributed by atoms with E-state index in [-0.39, 0.29) is 4.90 Å². The second kappa shape index (κ2) is 9.32. The molecule has 0 fully saturated rings. The molecule has 7 heteroatoms. The third kappa shape index (κ3) is 4.06. The van der Waals surface area contributed by atoms with E-state index in [0.29, 0.717) is 28.4 Å². The van der Waals surface area contributed by atoms with Crippen LogP contribution in [0, 0.1) is 0 Å². The zero-order valence-corrected chi connectivity index (χ0v) is 18.6. The maximum atomic E-state index is 13.4. The van der Waals surface area contributed by atoms with Crippen LogP contribution in [0.2, 0.25) is 5.02 Å². The third-order valence-electron chi connectivity index (χ3n) is 4.35. The number of pyridine rings is 1. The maximum Gasteiger partial charge on any atom is 0.269 e. The minimum Gasteiger partial charge on any atom is -0.494 e.